The van der Waals surface area contributed by atoms with Gasteiger partial charge in [-0.1, -0.05) is 36.8 Å². The Balaban J connectivity index is 1.43. The number of ketones is 1. The minimum absolute atomic E-state index is 0.112. The fourth-order valence-corrected chi connectivity index (χ4v) is 3.05. The van der Waals surface area contributed by atoms with E-state index in [1.54, 1.807) is 0 Å². The van der Waals surface area contributed by atoms with E-state index < -0.39 is 0 Å². The van der Waals surface area contributed by atoms with Crippen molar-refractivity contribution in [3.63, 3.8) is 0 Å². The molecule has 0 heterocycles. The van der Waals surface area contributed by atoms with Crippen LogP contribution in [0.25, 0.3) is 0 Å². The maximum absolute atomic E-state index is 11.9. The number of carbonyl (C=O) groups is 1. The zero-order valence-corrected chi connectivity index (χ0v) is 10.0. The summed E-state index contributed by atoms with van der Waals surface area (Å²) in [4.78, 5) is 11.9. The summed E-state index contributed by atoms with van der Waals surface area (Å²) >= 11 is 0. The molecule has 17 heavy (non-hydrogen) atoms. The van der Waals surface area contributed by atoms with Crippen LogP contribution in [0.15, 0.2) is 30.3 Å². The van der Waals surface area contributed by atoms with Crippen LogP contribution in [0.2, 0.25) is 0 Å². The van der Waals surface area contributed by atoms with Crippen LogP contribution < -0.4 is 0 Å². The number of hydrogen-bond acceptors (Lipinski definition) is 2. The van der Waals surface area contributed by atoms with Crippen molar-refractivity contribution in [1.29, 1.82) is 0 Å². The minimum atomic E-state index is 0.112. The molecule has 0 saturated heterocycles. The van der Waals surface area contributed by atoms with Gasteiger partial charge < -0.3 is 4.74 Å². The third-order valence-electron chi connectivity index (χ3n) is 4.27. The largest absolute Gasteiger partial charge is 0.376 e. The first-order valence-corrected chi connectivity index (χ1v) is 6.46. The molecule has 1 aromatic rings. The van der Waals surface area contributed by atoms with Crippen LogP contribution in [0.4, 0.5) is 0 Å². The molecular weight excluding hydrogens is 212 g/mol. The van der Waals surface area contributed by atoms with Crippen molar-refractivity contribution >= 4 is 5.78 Å². The fourth-order valence-electron chi connectivity index (χ4n) is 3.05. The Morgan fingerprint density at radius 3 is 2.59 bits per heavy atom. The van der Waals surface area contributed by atoms with Crippen molar-refractivity contribution in [2.45, 2.75) is 32.3 Å². The zero-order chi connectivity index (χ0) is 11.7. The van der Waals surface area contributed by atoms with E-state index in [2.05, 4.69) is 12.1 Å². The SMILES string of the molecule is O=C1C(COCc2ccccc2)CC12CCC2. The fraction of sp³-hybridized carbons (Fsp3) is 0.533. The highest BCUT2D eigenvalue weighted by Crippen LogP contribution is 2.55. The first-order valence-electron chi connectivity index (χ1n) is 6.46. The number of Topliss-reactive ketones (excluding diaryl/α,β-unsaturated/α-hetero) is 1. The molecule has 0 N–H and O–H groups in total. The summed E-state index contributed by atoms with van der Waals surface area (Å²) in [5.74, 6) is 0.649. The van der Waals surface area contributed by atoms with Crippen LogP contribution >= 0.6 is 0 Å². The van der Waals surface area contributed by atoms with E-state index in [4.69, 9.17) is 4.74 Å². The maximum Gasteiger partial charge on any atom is 0.144 e. The van der Waals surface area contributed by atoms with E-state index in [-0.39, 0.29) is 11.3 Å². The Bertz CT molecular complexity index is 406. The molecule has 2 fully saturated rings. The van der Waals surface area contributed by atoms with Gasteiger partial charge in [0.25, 0.3) is 0 Å². The van der Waals surface area contributed by atoms with Crippen molar-refractivity contribution in [3.05, 3.63) is 35.9 Å². The highest BCUT2D eigenvalue weighted by atomic mass is 16.5. The normalized spacial score (nSPS) is 25.4. The van der Waals surface area contributed by atoms with E-state index in [0.29, 0.717) is 19.0 Å². The van der Waals surface area contributed by atoms with Gasteiger partial charge in [0.15, 0.2) is 0 Å². The molecule has 2 nitrogen and oxygen atoms in total. The minimum Gasteiger partial charge on any atom is -0.376 e. The van der Waals surface area contributed by atoms with Crippen molar-refractivity contribution in [2.24, 2.45) is 11.3 Å². The number of hydrogen-bond donors (Lipinski definition) is 0. The summed E-state index contributed by atoms with van der Waals surface area (Å²) in [6.45, 7) is 1.23. The Morgan fingerprint density at radius 2 is 2.00 bits per heavy atom. The van der Waals surface area contributed by atoms with Crippen molar-refractivity contribution in [3.8, 4) is 0 Å². The molecule has 1 atom stereocenters. The van der Waals surface area contributed by atoms with Gasteiger partial charge in [-0.3, -0.25) is 4.79 Å². The van der Waals surface area contributed by atoms with Gasteiger partial charge >= 0.3 is 0 Å². The first kappa shape index (κ1) is 11.0. The number of ether oxygens (including phenoxy) is 1. The van der Waals surface area contributed by atoms with Crippen LogP contribution in [0.3, 0.4) is 0 Å². The molecule has 0 amide bonds. The molecule has 90 valence electrons. The van der Waals surface area contributed by atoms with Crippen LogP contribution in [0, 0.1) is 11.3 Å². The number of benzene rings is 1. The van der Waals surface area contributed by atoms with Crippen molar-refractivity contribution in [1.82, 2.24) is 0 Å². The molecule has 0 aromatic heterocycles. The van der Waals surface area contributed by atoms with E-state index in [1.807, 2.05) is 18.2 Å². The molecule has 2 aliphatic rings. The molecule has 0 aliphatic heterocycles. The molecule has 0 bridgehead atoms. The molecule has 1 spiro atoms. The second-order valence-corrected chi connectivity index (χ2v) is 5.40. The molecule has 0 radical (unpaired) electrons. The lowest BCUT2D eigenvalue weighted by Crippen LogP contribution is -2.54. The summed E-state index contributed by atoms with van der Waals surface area (Å²) in [5, 5.41) is 0. The topological polar surface area (TPSA) is 26.3 Å². The number of rotatable bonds is 4. The summed E-state index contributed by atoms with van der Waals surface area (Å²) in [6, 6.07) is 10.1. The third kappa shape index (κ3) is 1.91. The van der Waals surface area contributed by atoms with E-state index in [0.717, 1.165) is 19.3 Å². The quantitative estimate of drug-likeness (QED) is 0.795. The van der Waals surface area contributed by atoms with E-state index >= 15 is 0 Å². The van der Waals surface area contributed by atoms with Crippen LogP contribution in [-0.4, -0.2) is 12.4 Å². The average molecular weight is 230 g/mol. The lowest BCUT2D eigenvalue weighted by atomic mass is 9.51. The first-order chi connectivity index (χ1) is 8.30. The van der Waals surface area contributed by atoms with Crippen molar-refractivity contribution in [2.75, 3.05) is 6.61 Å². The second-order valence-electron chi connectivity index (χ2n) is 5.40. The van der Waals surface area contributed by atoms with Crippen LogP contribution in [-0.2, 0) is 16.1 Å². The second kappa shape index (κ2) is 4.26. The van der Waals surface area contributed by atoms with Crippen LogP contribution in [0.5, 0.6) is 0 Å². The molecule has 1 aromatic carbocycles. The summed E-state index contributed by atoms with van der Waals surface area (Å²) < 4.78 is 5.64. The maximum atomic E-state index is 11.9. The third-order valence-corrected chi connectivity index (χ3v) is 4.27. The highest BCUT2D eigenvalue weighted by Gasteiger charge is 2.56. The molecule has 2 aliphatic carbocycles. The van der Waals surface area contributed by atoms with Gasteiger partial charge in [-0.05, 0) is 24.8 Å². The monoisotopic (exact) mass is 230 g/mol. The Kier molecular flexibility index (Phi) is 2.75. The lowest BCUT2D eigenvalue weighted by molar-refractivity contribution is -0.158. The Hall–Kier alpha value is -1.15. The van der Waals surface area contributed by atoms with Crippen molar-refractivity contribution < 1.29 is 9.53 Å². The van der Waals surface area contributed by atoms with Gasteiger partial charge in [-0.25, -0.2) is 0 Å². The van der Waals surface area contributed by atoms with Gasteiger partial charge in [0.05, 0.1) is 13.2 Å². The van der Waals surface area contributed by atoms with E-state index in [1.165, 1.54) is 12.0 Å². The smallest absolute Gasteiger partial charge is 0.144 e. The lowest BCUT2D eigenvalue weighted by Gasteiger charge is -2.52. The van der Waals surface area contributed by atoms with E-state index in [9.17, 15) is 4.79 Å². The van der Waals surface area contributed by atoms with Gasteiger partial charge in [0.2, 0.25) is 0 Å². The standard InChI is InChI=1S/C15H18O2/c16-14-13(9-15(14)7-4-8-15)11-17-10-12-5-2-1-3-6-12/h1-3,5-6,13H,4,7-11H2. The molecular formula is C15H18O2. The summed E-state index contributed by atoms with van der Waals surface area (Å²) in [5.41, 5.74) is 1.29. The van der Waals surface area contributed by atoms with Gasteiger partial charge in [-0.2, -0.15) is 0 Å². The molecule has 1 unspecified atom stereocenters. The molecule has 2 saturated carbocycles. The van der Waals surface area contributed by atoms with Crippen LogP contribution in [0.1, 0.15) is 31.2 Å². The number of carbonyl (C=O) groups excluding carboxylic acids is 1. The zero-order valence-electron chi connectivity index (χ0n) is 10.0. The highest BCUT2D eigenvalue weighted by molar-refractivity contribution is 5.93. The Morgan fingerprint density at radius 1 is 1.24 bits per heavy atom. The molecule has 2 heteroatoms. The van der Waals surface area contributed by atoms with Gasteiger partial charge in [-0.15, -0.1) is 0 Å². The Labute approximate surface area is 102 Å². The molecule has 3 rings (SSSR count). The average Bonchev–Trinajstić information content (AvgIpc) is 2.31. The van der Waals surface area contributed by atoms with Gasteiger partial charge in [0, 0.05) is 11.3 Å². The van der Waals surface area contributed by atoms with Gasteiger partial charge in [0.1, 0.15) is 5.78 Å². The summed E-state index contributed by atoms with van der Waals surface area (Å²) in [7, 11) is 0. The predicted molar refractivity (Wildman–Crippen MR) is 65.5 cm³/mol. The predicted octanol–water partition coefficient (Wildman–Crippen LogP) is 2.96. The summed E-state index contributed by atoms with van der Waals surface area (Å²) in [6.07, 6.45) is 4.56.